The molecule has 0 aliphatic carbocycles. The van der Waals surface area contributed by atoms with E-state index >= 15 is 0 Å². The molecule has 3 rings (SSSR count). The van der Waals surface area contributed by atoms with Crippen LogP contribution in [-0.2, 0) is 13.1 Å². The maximum atomic E-state index is 12.3. The number of nitrogens with one attached hydrogen (secondary N) is 2. The van der Waals surface area contributed by atoms with E-state index in [4.69, 9.17) is 11.6 Å². The highest BCUT2D eigenvalue weighted by Crippen LogP contribution is 2.13. The lowest BCUT2D eigenvalue weighted by Gasteiger charge is -2.09. The van der Waals surface area contributed by atoms with E-state index in [0.29, 0.717) is 23.7 Å². The summed E-state index contributed by atoms with van der Waals surface area (Å²) in [4.78, 5) is 16.4. The summed E-state index contributed by atoms with van der Waals surface area (Å²) < 4.78 is 0. The topological polar surface area (TPSA) is 54.0 Å². The van der Waals surface area contributed by atoms with E-state index in [2.05, 4.69) is 15.6 Å². The van der Waals surface area contributed by atoms with Crippen molar-refractivity contribution >= 4 is 23.2 Å². The van der Waals surface area contributed by atoms with Crippen LogP contribution in [0.15, 0.2) is 73.1 Å². The fourth-order valence-electron chi connectivity index (χ4n) is 2.35. The predicted molar refractivity (Wildman–Crippen MR) is 101 cm³/mol. The summed E-state index contributed by atoms with van der Waals surface area (Å²) in [6.45, 7) is 1.12. The van der Waals surface area contributed by atoms with Gasteiger partial charge in [0, 0.05) is 30.5 Å². The third-order valence-corrected chi connectivity index (χ3v) is 3.96. The molecule has 0 atom stereocenters. The minimum Gasteiger partial charge on any atom is -0.380 e. The van der Waals surface area contributed by atoms with Gasteiger partial charge in [-0.1, -0.05) is 54.1 Å². The average molecular weight is 352 g/mol. The molecule has 25 heavy (non-hydrogen) atoms. The van der Waals surface area contributed by atoms with Gasteiger partial charge in [0.15, 0.2) is 0 Å². The maximum Gasteiger partial charge on any atom is 0.253 e. The SMILES string of the molecule is O=C(NCc1ccccc1)c1cncc(NCc2ccc(Cl)cc2)c1. The van der Waals surface area contributed by atoms with Crippen LogP contribution in [0.3, 0.4) is 0 Å². The zero-order valence-electron chi connectivity index (χ0n) is 13.6. The van der Waals surface area contributed by atoms with E-state index in [9.17, 15) is 4.79 Å². The van der Waals surface area contributed by atoms with Gasteiger partial charge in [-0.3, -0.25) is 9.78 Å². The number of halogens is 1. The molecule has 0 saturated carbocycles. The van der Waals surface area contributed by atoms with Gasteiger partial charge in [0.05, 0.1) is 11.3 Å². The first kappa shape index (κ1) is 17.0. The number of nitrogens with zero attached hydrogens (tertiary/aromatic N) is 1. The van der Waals surface area contributed by atoms with E-state index in [1.807, 2.05) is 54.6 Å². The Balaban J connectivity index is 1.58. The Bertz CT molecular complexity index is 835. The van der Waals surface area contributed by atoms with Crippen LogP contribution in [0, 0.1) is 0 Å². The first-order chi connectivity index (χ1) is 12.2. The van der Waals surface area contributed by atoms with Gasteiger partial charge in [0.25, 0.3) is 5.91 Å². The van der Waals surface area contributed by atoms with Gasteiger partial charge in [0.1, 0.15) is 0 Å². The van der Waals surface area contributed by atoms with Crippen LogP contribution in [0.2, 0.25) is 5.02 Å². The summed E-state index contributed by atoms with van der Waals surface area (Å²) in [5.74, 6) is -0.147. The Kier molecular flexibility index (Phi) is 5.65. The zero-order valence-corrected chi connectivity index (χ0v) is 14.3. The highest BCUT2D eigenvalue weighted by molar-refractivity contribution is 6.30. The molecule has 0 spiro atoms. The second-order valence-electron chi connectivity index (χ2n) is 5.61. The normalized spacial score (nSPS) is 10.3. The van der Waals surface area contributed by atoms with Crippen molar-refractivity contribution in [1.82, 2.24) is 10.3 Å². The molecule has 126 valence electrons. The highest BCUT2D eigenvalue weighted by Gasteiger charge is 2.07. The molecule has 1 heterocycles. The number of pyridine rings is 1. The summed E-state index contributed by atoms with van der Waals surface area (Å²) in [6, 6.07) is 19.2. The van der Waals surface area contributed by atoms with Gasteiger partial charge in [0.2, 0.25) is 0 Å². The zero-order chi connectivity index (χ0) is 17.5. The van der Waals surface area contributed by atoms with Crippen molar-refractivity contribution in [2.24, 2.45) is 0 Å². The lowest BCUT2D eigenvalue weighted by Crippen LogP contribution is -2.23. The standard InChI is InChI=1S/C20H18ClN3O/c21-18-8-6-16(7-9-18)11-23-19-10-17(13-22-14-19)20(25)24-12-15-4-2-1-3-5-15/h1-10,13-14,23H,11-12H2,(H,24,25). The molecule has 0 aliphatic rings. The van der Waals surface area contributed by atoms with E-state index in [0.717, 1.165) is 16.8 Å². The highest BCUT2D eigenvalue weighted by atomic mass is 35.5. The monoisotopic (exact) mass is 351 g/mol. The van der Waals surface area contributed by atoms with Crippen LogP contribution in [-0.4, -0.2) is 10.9 Å². The van der Waals surface area contributed by atoms with Crippen LogP contribution in [0.5, 0.6) is 0 Å². The van der Waals surface area contributed by atoms with E-state index in [-0.39, 0.29) is 5.91 Å². The number of rotatable bonds is 6. The molecule has 0 saturated heterocycles. The molecular formula is C20H18ClN3O. The lowest BCUT2D eigenvalue weighted by molar-refractivity contribution is 0.0950. The van der Waals surface area contributed by atoms with Crippen molar-refractivity contribution in [1.29, 1.82) is 0 Å². The third kappa shape index (κ3) is 5.06. The Morgan fingerprint density at radius 3 is 2.40 bits per heavy atom. The van der Waals surface area contributed by atoms with Gasteiger partial charge < -0.3 is 10.6 Å². The molecule has 0 unspecified atom stereocenters. The van der Waals surface area contributed by atoms with Crippen molar-refractivity contribution in [3.05, 3.63) is 94.8 Å². The number of carbonyl (C=O) groups excluding carboxylic acids is 1. The number of hydrogen-bond donors (Lipinski definition) is 2. The van der Waals surface area contributed by atoms with Crippen molar-refractivity contribution in [2.45, 2.75) is 13.1 Å². The van der Waals surface area contributed by atoms with Gasteiger partial charge >= 0.3 is 0 Å². The van der Waals surface area contributed by atoms with E-state index in [1.165, 1.54) is 0 Å². The second kappa shape index (κ2) is 8.31. The summed E-state index contributed by atoms with van der Waals surface area (Å²) >= 11 is 5.88. The number of aromatic nitrogens is 1. The molecule has 0 radical (unpaired) electrons. The molecule has 5 heteroatoms. The number of carbonyl (C=O) groups is 1. The summed E-state index contributed by atoms with van der Waals surface area (Å²) in [6.07, 6.45) is 3.26. The fraction of sp³-hybridized carbons (Fsp3) is 0.100. The smallest absolute Gasteiger partial charge is 0.253 e. The minimum atomic E-state index is -0.147. The fourth-order valence-corrected chi connectivity index (χ4v) is 2.47. The minimum absolute atomic E-state index is 0.147. The molecule has 3 aromatic rings. The van der Waals surface area contributed by atoms with Gasteiger partial charge in [-0.2, -0.15) is 0 Å². The van der Waals surface area contributed by atoms with E-state index < -0.39 is 0 Å². The van der Waals surface area contributed by atoms with Gasteiger partial charge in [-0.25, -0.2) is 0 Å². The third-order valence-electron chi connectivity index (χ3n) is 3.71. The van der Waals surface area contributed by atoms with Crippen molar-refractivity contribution in [2.75, 3.05) is 5.32 Å². The molecule has 0 fully saturated rings. The summed E-state index contributed by atoms with van der Waals surface area (Å²) in [5.41, 5.74) is 3.48. The predicted octanol–water partition coefficient (Wildman–Crippen LogP) is 4.28. The number of amides is 1. The van der Waals surface area contributed by atoms with Crippen LogP contribution in [0.25, 0.3) is 0 Å². The molecule has 2 aromatic carbocycles. The van der Waals surface area contributed by atoms with Crippen LogP contribution in [0.1, 0.15) is 21.5 Å². The molecule has 0 bridgehead atoms. The number of benzene rings is 2. The Labute approximate surface area is 151 Å². The number of hydrogen-bond acceptors (Lipinski definition) is 3. The molecule has 4 nitrogen and oxygen atoms in total. The summed E-state index contributed by atoms with van der Waals surface area (Å²) in [5, 5.41) is 6.88. The maximum absolute atomic E-state index is 12.3. The lowest BCUT2D eigenvalue weighted by atomic mass is 10.2. The first-order valence-corrected chi connectivity index (χ1v) is 8.34. The Morgan fingerprint density at radius 1 is 0.920 bits per heavy atom. The molecular weight excluding hydrogens is 334 g/mol. The van der Waals surface area contributed by atoms with Crippen LogP contribution < -0.4 is 10.6 Å². The molecule has 0 aliphatic heterocycles. The number of anilines is 1. The largest absolute Gasteiger partial charge is 0.380 e. The Hall–Kier alpha value is -2.85. The summed E-state index contributed by atoms with van der Waals surface area (Å²) in [7, 11) is 0. The van der Waals surface area contributed by atoms with Crippen molar-refractivity contribution < 1.29 is 4.79 Å². The van der Waals surface area contributed by atoms with Crippen molar-refractivity contribution in [3.63, 3.8) is 0 Å². The van der Waals surface area contributed by atoms with Crippen molar-refractivity contribution in [3.8, 4) is 0 Å². The second-order valence-corrected chi connectivity index (χ2v) is 6.05. The van der Waals surface area contributed by atoms with Crippen LogP contribution >= 0.6 is 11.6 Å². The average Bonchev–Trinajstić information content (AvgIpc) is 2.67. The quantitative estimate of drug-likeness (QED) is 0.697. The molecule has 2 N–H and O–H groups in total. The van der Waals surface area contributed by atoms with Gasteiger partial charge in [-0.05, 0) is 29.3 Å². The molecule has 1 amide bonds. The first-order valence-electron chi connectivity index (χ1n) is 7.96. The van der Waals surface area contributed by atoms with Crippen LogP contribution in [0.4, 0.5) is 5.69 Å². The van der Waals surface area contributed by atoms with Gasteiger partial charge in [-0.15, -0.1) is 0 Å². The Morgan fingerprint density at radius 2 is 1.64 bits per heavy atom. The van der Waals surface area contributed by atoms with E-state index in [1.54, 1.807) is 18.5 Å². The molecule has 1 aromatic heterocycles.